The fraction of sp³-hybridized carbons (Fsp3) is 0.300. The van der Waals surface area contributed by atoms with Crippen molar-refractivity contribution < 1.29 is 0 Å². The van der Waals surface area contributed by atoms with Crippen LogP contribution in [-0.4, -0.2) is 19.1 Å². The maximum absolute atomic E-state index is 11.8. The lowest BCUT2D eigenvalue weighted by atomic mass is 10.4. The molecule has 0 aliphatic carbocycles. The van der Waals surface area contributed by atoms with E-state index in [0.717, 1.165) is 0 Å². The number of nitrogen functional groups attached to an aromatic ring is 1. The van der Waals surface area contributed by atoms with Gasteiger partial charge in [-0.1, -0.05) is 17.7 Å². The van der Waals surface area contributed by atoms with Crippen molar-refractivity contribution in [2.45, 2.75) is 13.5 Å². The van der Waals surface area contributed by atoms with Crippen LogP contribution in [0.25, 0.3) is 11.2 Å². The largest absolute Gasteiger partial charge is 0.369 e. The third-order valence-electron chi connectivity index (χ3n) is 2.59. The Hall–Kier alpha value is -2.02. The number of nitrogens with two attached hydrogens (primary N) is 1. The molecule has 0 amide bonds. The molecule has 2 heterocycles. The summed E-state index contributed by atoms with van der Waals surface area (Å²) in [5, 5.41) is 0.581. The standard InChI is InChI=1S/C10H12ClN5O2/c1-5(11)3-4-16-6-7(13-9(16)12)15(2)10(18)14-8(6)17/h3H,4H2,1-2H3,(H2,12,13)(H,14,17,18)/b5-3+. The third-order valence-corrected chi connectivity index (χ3v) is 2.75. The van der Waals surface area contributed by atoms with Crippen LogP contribution in [-0.2, 0) is 13.6 Å². The van der Waals surface area contributed by atoms with Crippen molar-refractivity contribution in [3.63, 3.8) is 0 Å². The highest BCUT2D eigenvalue weighted by Gasteiger charge is 2.14. The Bertz CT molecular complexity index is 748. The Kier molecular flexibility index (Phi) is 3.00. The smallest absolute Gasteiger partial charge is 0.329 e. The number of nitrogens with one attached hydrogen (secondary N) is 1. The SMILES string of the molecule is C/C(Cl)=C\Cn1c(N)nc2c1c(=O)[nH]c(=O)n2C. The van der Waals surface area contributed by atoms with E-state index in [9.17, 15) is 9.59 Å². The molecule has 0 atom stereocenters. The van der Waals surface area contributed by atoms with Crippen molar-refractivity contribution in [1.29, 1.82) is 0 Å². The molecule has 96 valence electrons. The van der Waals surface area contributed by atoms with Crippen molar-refractivity contribution >= 4 is 28.7 Å². The maximum Gasteiger partial charge on any atom is 0.329 e. The Labute approximate surface area is 107 Å². The third kappa shape index (κ3) is 1.92. The number of hydrogen-bond donors (Lipinski definition) is 2. The van der Waals surface area contributed by atoms with Crippen LogP contribution in [0.4, 0.5) is 5.95 Å². The Morgan fingerprint density at radius 2 is 2.22 bits per heavy atom. The number of nitrogens with zero attached hydrogens (tertiary/aromatic N) is 3. The molecule has 0 bridgehead atoms. The zero-order valence-electron chi connectivity index (χ0n) is 9.90. The Morgan fingerprint density at radius 3 is 2.83 bits per heavy atom. The summed E-state index contributed by atoms with van der Waals surface area (Å²) in [6.07, 6.45) is 1.70. The number of imidazole rings is 1. The van der Waals surface area contributed by atoms with E-state index in [4.69, 9.17) is 17.3 Å². The number of allylic oxidation sites excluding steroid dienone is 2. The van der Waals surface area contributed by atoms with Crippen LogP contribution in [0.1, 0.15) is 6.92 Å². The second kappa shape index (κ2) is 4.34. The van der Waals surface area contributed by atoms with Crippen molar-refractivity contribution in [1.82, 2.24) is 19.1 Å². The van der Waals surface area contributed by atoms with Gasteiger partial charge in [-0.2, -0.15) is 4.98 Å². The Morgan fingerprint density at radius 1 is 1.56 bits per heavy atom. The molecule has 0 unspecified atom stereocenters. The minimum Gasteiger partial charge on any atom is -0.369 e. The van der Waals surface area contributed by atoms with Crippen LogP contribution in [0.15, 0.2) is 20.7 Å². The van der Waals surface area contributed by atoms with Gasteiger partial charge in [-0.3, -0.25) is 14.3 Å². The summed E-state index contributed by atoms with van der Waals surface area (Å²) in [5.74, 6) is 0.158. The van der Waals surface area contributed by atoms with E-state index in [1.165, 1.54) is 16.2 Å². The second-order valence-electron chi connectivity index (χ2n) is 3.86. The highest BCUT2D eigenvalue weighted by atomic mass is 35.5. The molecule has 2 aromatic heterocycles. The summed E-state index contributed by atoms with van der Waals surface area (Å²) in [4.78, 5) is 29.4. The molecular formula is C10H12ClN5O2. The van der Waals surface area contributed by atoms with Gasteiger partial charge in [-0.25, -0.2) is 4.79 Å². The van der Waals surface area contributed by atoms with Gasteiger partial charge >= 0.3 is 5.69 Å². The van der Waals surface area contributed by atoms with Crippen molar-refractivity contribution in [2.75, 3.05) is 5.73 Å². The molecule has 0 radical (unpaired) electrons. The van der Waals surface area contributed by atoms with E-state index in [0.29, 0.717) is 11.6 Å². The van der Waals surface area contributed by atoms with Gasteiger partial charge in [-0.05, 0) is 6.92 Å². The highest BCUT2D eigenvalue weighted by Crippen LogP contribution is 2.13. The number of hydrogen-bond acceptors (Lipinski definition) is 4. The van der Waals surface area contributed by atoms with Crippen LogP contribution < -0.4 is 17.0 Å². The zero-order chi connectivity index (χ0) is 13.4. The average molecular weight is 270 g/mol. The number of H-pyrrole nitrogens is 1. The lowest BCUT2D eigenvalue weighted by Crippen LogP contribution is -2.29. The first kappa shape index (κ1) is 12.4. The first-order valence-corrected chi connectivity index (χ1v) is 5.57. The van der Waals surface area contributed by atoms with Crippen LogP contribution in [0, 0.1) is 0 Å². The average Bonchev–Trinajstić information content (AvgIpc) is 2.61. The van der Waals surface area contributed by atoms with Crippen molar-refractivity contribution in [3.05, 3.63) is 31.9 Å². The Balaban J connectivity index is 2.79. The number of fused-ring (bicyclic) bond motifs is 1. The number of rotatable bonds is 2. The summed E-state index contributed by atoms with van der Waals surface area (Å²) in [5.41, 5.74) is 5.20. The lowest BCUT2D eigenvalue weighted by molar-refractivity contribution is 0.820. The van der Waals surface area contributed by atoms with Gasteiger partial charge in [0.05, 0.1) is 0 Å². The summed E-state index contributed by atoms with van der Waals surface area (Å²) >= 11 is 5.74. The topological polar surface area (TPSA) is 98.7 Å². The minimum atomic E-state index is -0.527. The summed E-state index contributed by atoms with van der Waals surface area (Å²) < 4.78 is 2.74. The van der Waals surface area contributed by atoms with Gasteiger partial charge in [-0.15, -0.1) is 0 Å². The molecule has 3 N–H and O–H groups in total. The number of aromatic amines is 1. The molecule has 0 aliphatic heterocycles. The normalized spacial score (nSPS) is 12.3. The maximum atomic E-state index is 11.8. The lowest BCUT2D eigenvalue weighted by Gasteiger charge is -2.02. The first-order valence-electron chi connectivity index (χ1n) is 5.19. The van der Waals surface area contributed by atoms with Crippen LogP contribution in [0.2, 0.25) is 0 Å². The van der Waals surface area contributed by atoms with E-state index >= 15 is 0 Å². The zero-order valence-corrected chi connectivity index (χ0v) is 10.7. The van der Waals surface area contributed by atoms with E-state index in [-0.39, 0.29) is 17.1 Å². The fourth-order valence-electron chi connectivity index (χ4n) is 1.65. The van der Waals surface area contributed by atoms with Crippen LogP contribution in [0.3, 0.4) is 0 Å². The van der Waals surface area contributed by atoms with Gasteiger partial charge in [0, 0.05) is 18.6 Å². The van der Waals surface area contributed by atoms with Crippen molar-refractivity contribution in [3.8, 4) is 0 Å². The van der Waals surface area contributed by atoms with E-state index in [2.05, 4.69) is 9.97 Å². The van der Waals surface area contributed by atoms with Crippen molar-refractivity contribution in [2.24, 2.45) is 7.05 Å². The second-order valence-corrected chi connectivity index (χ2v) is 4.46. The highest BCUT2D eigenvalue weighted by molar-refractivity contribution is 6.29. The number of anilines is 1. The molecule has 0 saturated carbocycles. The predicted molar refractivity (Wildman–Crippen MR) is 69.6 cm³/mol. The number of halogens is 1. The molecule has 8 heteroatoms. The number of aromatic nitrogens is 4. The van der Waals surface area contributed by atoms with Crippen LogP contribution >= 0.6 is 11.6 Å². The first-order chi connectivity index (χ1) is 8.41. The molecule has 0 fully saturated rings. The molecule has 0 aliphatic rings. The fourth-order valence-corrected chi connectivity index (χ4v) is 1.72. The monoisotopic (exact) mass is 269 g/mol. The molecule has 2 aromatic rings. The molecule has 0 spiro atoms. The number of aryl methyl sites for hydroxylation is 1. The minimum absolute atomic E-state index is 0.158. The molecule has 0 saturated heterocycles. The summed E-state index contributed by atoms with van der Waals surface area (Å²) in [7, 11) is 1.51. The van der Waals surface area contributed by atoms with Gasteiger partial charge in [0.2, 0.25) is 5.95 Å². The van der Waals surface area contributed by atoms with E-state index in [1.54, 1.807) is 13.0 Å². The summed E-state index contributed by atoms with van der Waals surface area (Å²) in [6.45, 7) is 2.04. The predicted octanol–water partition coefficient (Wildman–Crippen LogP) is 0.148. The molecule has 18 heavy (non-hydrogen) atoms. The molecule has 0 aromatic carbocycles. The van der Waals surface area contributed by atoms with Gasteiger partial charge in [0.1, 0.15) is 0 Å². The molecule has 7 nitrogen and oxygen atoms in total. The van der Waals surface area contributed by atoms with Gasteiger partial charge < -0.3 is 10.3 Å². The molecule has 2 rings (SSSR count). The van der Waals surface area contributed by atoms with Crippen LogP contribution in [0.5, 0.6) is 0 Å². The van der Waals surface area contributed by atoms with Gasteiger partial charge in [0.15, 0.2) is 11.2 Å². The molecular weight excluding hydrogens is 258 g/mol. The van der Waals surface area contributed by atoms with Gasteiger partial charge in [0.25, 0.3) is 5.56 Å². The summed E-state index contributed by atoms with van der Waals surface area (Å²) in [6, 6.07) is 0. The van der Waals surface area contributed by atoms with E-state index < -0.39 is 11.2 Å². The quantitative estimate of drug-likeness (QED) is 0.810. The van der Waals surface area contributed by atoms with E-state index in [1.807, 2.05) is 0 Å².